The highest BCUT2D eigenvalue weighted by atomic mass is 15.1. The second-order valence-corrected chi connectivity index (χ2v) is 14.9. The minimum atomic E-state index is 0.608. The van der Waals surface area contributed by atoms with E-state index in [0.29, 0.717) is 23.3 Å². The molecule has 0 aliphatic carbocycles. The largest absolute Gasteiger partial charge is 0.277 e. The van der Waals surface area contributed by atoms with Crippen molar-refractivity contribution >= 4 is 16.4 Å². The molecule has 0 amide bonds. The van der Waals surface area contributed by atoms with E-state index in [0.717, 1.165) is 83.6 Å². The van der Waals surface area contributed by atoms with Crippen LogP contribution < -0.4 is 0 Å². The number of aromatic nitrogens is 6. The standard InChI is InChI=1S/C55H36N6/c1-5-17-37(18-6-1)38-31-33-41(34-32-38)51-56-50(39-19-7-2-8-20-39)57-53(58-51)46-28-16-26-44(36-46)43-25-15-27-45(35-43)49-47-29-13-14-30-48(47)55-60-52(40-21-9-3-10-22-40)59-54(61(49)55)42-23-11-4-12-24-42/h1-36H. The first-order valence-electron chi connectivity index (χ1n) is 20.3. The second-order valence-electron chi connectivity index (χ2n) is 14.9. The van der Waals surface area contributed by atoms with Crippen LogP contribution in [0.2, 0.25) is 0 Å². The van der Waals surface area contributed by atoms with E-state index in [9.17, 15) is 0 Å². The van der Waals surface area contributed by atoms with Gasteiger partial charge in [0.25, 0.3) is 0 Å². The van der Waals surface area contributed by atoms with Crippen molar-refractivity contribution in [2.45, 2.75) is 0 Å². The zero-order valence-electron chi connectivity index (χ0n) is 33.0. The molecule has 8 aromatic carbocycles. The molecular formula is C55H36N6. The molecule has 0 unspecified atom stereocenters. The third-order valence-electron chi connectivity index (χ3n) is 11.1. The van der Waals surface area contributed by atoms with Crippen LogP contribution in [0.1, 0.15) is 0 Å². The Kier molecular flexibility index (Phi) is 9.06. The zero-order chi connectivity index (χ0) is 40.5. The predicted octanol–water partition coefficient (Wildman–Crippen LogP) is 13.4. The molecule has 0 bridgehead atoms. The lowest BCUT2D eigenvalue weighted by Crippen LogP contribution is -2.03. The van der Waals surface area contributed by atoms with E-state index in [1.54, 1.807) is 0 Å². The van der Waals surface area contributed by atoms with Gasteiger partial charge < -0.3 is 0 Å². The van der Waals surface area contributed by atoms with Crippen LogP contribution in [0.25, 0.3) is 107 Å². The van der Waals surface area contributed by atoms with Gasteiger partial charge in [-0.3, -0.25) is 4.40 Å². The van der Waals surface area contributed by atoms with Gasteiger partial charge in [-0.25, -0.2) is 24.9 Å². The van der Waals surface area contributed by atoms with Crippen molar-refractivity contribution in [3.8, 4) is 90.5 Å². The van der Waals surface area contributed by atoms with E-state index in [1.165, 1.54) is 0 Å². The summed E-state index contributed by atoms with van der Waals surface area (Å²) in [6.45, 7) is 0. The van der Waals surface area contributed by atoms with Gasteiger partial charge in [-0.15, -0.1) is 0 Å². The number of rotatable bonds is 8. The van der Waals surface area contributed by atoms with E-state index in [2.05, 4.69) is 162 Å². The molecule has 286 valence electrons. The number of fused-ring (bicyclic) bond motifs is 3. The minimum absolute atomic E-state index is 0.608. The van der Waals surface area contributed by atoms with Crippen molar-refractivity contribution in [1.82, 2.24) is 29.3 Å². The zero-order valence-corrected chi connectivity index (χ0v) is 33.0. The molecule has 3 aromatic heterocycles. The van der Waals surface area contributed by atoms with Gasteiger partial charge in [0.05, 0.1) is 5.69 Å². The van der Waals surface area contributed by atoms with Crippen LogP contribution in [-0.4, -0.2) is 29.3 Å². The SMILES string of the molecule is c1ccc(-c2ccc(-c3nc(-c4ccccc4)nc(-c4cccc(-c5cccc(-c6c7ccccc7c7nc(-c8ccccc8)nc(-c8ccccc8)n67)c5)c4)n3)cc2)cc1. The fourth-order valence-electron chi connectivity index (χ4n) is 8.08. The van der Waals surface area contributed by atoms with Gasteiger partial charge in [0.1, 0.15) is 11.5 Å². The first kappa shape index (κ1) is 35.8. The summed E-state index contributed by atoms with van der Waals surface area (Å²) in [5.41, 5.74) is 12.1. The van der Waals surface area contributed by atoms with Gasteiger partial charge in [-0.05, 0) is 39.9 Å². The van der Waals surface area contributed by atoms with Gasteiger partial charge in [0.15, 0.2) is 23.3 Å². The molecule has 11 rings (SSSR count). The summed E-state index contributed by atoms with van der Waals surface area (Å²) in [4.78, 5) is 25.6. The molecular weight excluding hydrogens is 745 g/mol. The third kappa shape index (κ3) is 6.82. The number of hydrogen-bond acceptors (Lipinski definition) is 5. The maximum absolute atomic E-state index is 5.26. The lowest BCUT2D eigenvalue weighted by Gasteiger charge is -2.13. The summed E-state index contributed by atoms with van der Waals surface area (Å²) >= 11 is 0. The molecule has 0 atom stereocenters. The Morgan fingerprint density at radius 1 is 0.246 bits per heavy atom. The van der Waals surface area contributed by atoms with Crippen LogP contribution in [0.4, 0.5) is 0 Å². The van der Waals surface area contributed by atoms with Crippen molar-refractivity contribution in [2.75, 3.05) is 0 Å². The third-order valence-corrected chi connectivity index (χ3v) is 11.1. The maximum Gasteiger partial charge on any atom is 0.164 e. The van der Waals surface area contributed by atoms with Crippen LogP contribution in [-0.2, 0) is 0 Å². The molecule has 0 saturated heterocycles. The first-order valence-corrected chi connectivity index (χ1v) is 20.3. The Bertz CT molecular complexity index is 3330. The molecule has 0 aliphatic rings. The molecule has 0 radical (unpaired) electrons. The summed E-state index contributed by atoms with van der Waals surface area (Å²) in [7, 11) is 0. The molecule has 0 N–H and O–H groups in total. The predicted molar refractivity (Wildman–Crippen MR) is 247 cm³/mol. The van der Waals surface area contributed by atoms with Crippen LogP contribution in [0.5, 0.6) is 0 Å². The average Bonchev–Trinajstić information content (AvgIpc) is 3.69. The van der Waals surface area contributed by atoms with E-state index >= 15 is 0 Å². The highest BCUT2D eigenvalue weighted by molar-refractivity contribution is 6.06. The Morgan fingerprint density at radius 3 is 1.21 bits per heavy atom. The molecule has 6 nitrogen and oxygen atoms in total. The molecule has 3 heterocycles. The van der Waals surface area contributed by atoms with E-state index in [-0.39, 0.29) is 0 Å². The van der Waals surface area contributed by atoms with Gasteiger partial charge in [0, 0.05) is 38.6 Å². The summed E-state index contributed by atoms with van der Waals surface area (Å²) in [6.07, 6.45) is 0. The second kappa shape index (κ2) is 15.4. The average molecular weight is 781 g/mol. The van der Waals surface area contributed by atoms with E-state index < -0.39 is 0 Å². The number of hydrogen-bond donors (Lipinski definition) is 0. The molecule has 61 heavy (non-hydrogen) atoms. The monoisotopic (exact) mass is 780 g/mol. The summed E-state index contributed by atoms with van der Waals surface area (Å²) < 4.78 is 2.23. The Labute approximate surface area is 353 Å². The first-order chi connectivity index (χ1) is 30.2. The highest BCUT2D eigenvalue weighted by Crippen LogP contribution is 2.39. The Hall–Kier alpha value is -8.35. The Balaban J connectivity index is 1.04. The number of benzene rings is 8. The molecule has 6 heteroatoms. The van der Waals surface area contributed by atoms with Crippen LogP contribution in [0, 0.1) is 0 Å². The fourth-order valence-corrected chi connectivity index (χ4v) is 8.08. The molecule has 0 spiro atoms. The van der Waals surface area contributed by atoms with Gasteiger partial charge in [-0.1, -0.05) is 206 Å². The molecule has 0 aliphatic heterocycles. The minimum Gasteiger partial charge on any atom is -0.277 e. The summed E-state index contributed by atoms with van der Waals surface area (Å²) in [5, 5.41) is 2.17. The van der Waals surface area contributed by atoms with Crippen LogP contribution in [0.15, 0.2) is 218 Å². The smallest absolute Gasteiger partial charge is 0.164 e. The van der Waals surface area contributed by atoms with Gasteiger partial charge >= 0.3 is 0 Å². The molecule has 0 fully saturated rings. The molecule has 0 saturated carbocycles. The lowest BCUT2D eigenvalue weighted by molar-refractivity contribution is 1.05. The topological polar surface area (TPSA) is 68.9 Å². The maximum atomic E-state index is 5.26. The fraction of sp³-hybridized carbons (Fsp3) is 0. The normalized spacial score (nSPS) is 11.3. The number of nitrogens with zero attached hydrogens (tertiary/aromatic N) is 6. The summed E-state index contributed by atoms with van der Waals surface area (Å²) in [6, 6.07) is 75.2. The lowest BCUT2D eigenvalue weighted by atomic mass is 9.98. The van der Waals surface area contributed by atoms with Crippen molar-refractivity contribution in [1.29, 1.82) is 0 Å². The van der Waals surface area contributed by atoms with E-state index in [4.69, 9.17) is 24.9 Å². The van der Waals surface area contributed by atoms with Crippen LogP contribution in [0.3, 0.4) is 0 Å². The molecule has 11 aromatic rings. The van der Waals surface area contributed by atoms with Crippen molar-refractivity contribution in [3.05, 3.63) is 218 Å². The van der Waals surface area contributed by atoms with Gasteiger partial charge in [0.2, 0.25) is 0 Å². The van der Waals surface area contributed by atoms with Crippen molar-refractivity contribution in [3.63, 3.8) is 0 Å². The van der Waals surface area contributed by atoms with Crippen molar-refractivity contribution < 1.29 is 0 Å². The van der Waals surface area contributed by atoms with Crippen LogP contribution >= 0.6 is 0 Å². The van der Waals surface area contributed by atoms with Crippen molar-refractivity contribution in [2.24, 2.45) is 0 Å². The summed E-state index contributed by atoms with van der Waals surface area (Å²) in [5.74, 6) is 3.37. The highest BCUT2D eigenvalue weighted by Gasteiger charge is 2.21. The Morgan fingerprint density at radius 2 is 0.623 bits per heavy atom. The van der Waals surface area contributed by atoms with Gasteiger partial charge in [-0.2, -0.15) is 0 Å². The van der Waals surface area contributed by atoms with E-state index in [1.807, 2.05) is 60.7 Å². The quantitative estimate of drug-likeness (QED) is 0.154.